The van der Waals surface area contributed by atoms with Crippen LogP contribution >= 0.6 is 11.6 Å². The van der Waals surface area contributed by atoms with Crippen LogP contribution in [0.1, 0.15) is 69.2 Å². The summed E-state index contributed by atoms with van der Waals surface area (Å²) in [6, 6.07) is 6.47. The van der Waals surface area contributed by atoms with Crippen LogP contribution in [-0.2, 0) is 12.8 Å². The van der Waals surface area contributed by atoms with E-state index in [-0.39, 0.29) is 35.3 Å². The molecule has 1 saturated carbocycles. The third-order valence-electron chi connectivity index (χ3n) is 7.57. The lowest BCUT2D eigenvalue weighted by molar-refractivity contribution is -0.0419. The third-order valence-corrected chi connectivity index (χ3v) is 7.76. The zero-order chi connectivity index (χ0) is 28.5. The van der Waals surface area contributed by atoms with Crippen molar-refractivity contribution >= 4 is 17.4 Å². The van der Waals surface area contributed by atoms with Crippen molar-refractivity contribution < 1.29 is 18.6 Å². The van der Waals surface area contributed by atoms with Gasteiger partial charge in [-0.15, -0.1) is 0 Å². The highest BCUT2D eigenvalue weighted by Gasteiger charge is 2.46. The fourth-order valence-electron chi connectivity index (χ4n) is 5.62. The molecule has 0 unspecified atom stereocenters. The highest BCUT2D eigenvalue weighted by Crippen LogP contribution is 2.48. The van der Waals surface area contributed by atoms with Gasteiger partial charge in [-0.1, -0.05) is 20.8 Å². The van der Waals surface area contributed by atoms with Crippen molar-refractivity contribution in [1.29, 1.82) is 0 Å². The Labute approximate surface area is 238 Å². The molecule has 3 atom stereocenters. The number of halogens is 3. The number of benzene rings is 1. The number of rotatable bonds is 9. The highest BCUT2D eigenvalue weighted by molar-refractivity contribution is 6.28. The zero-order valence-electron chi connectivity index (χ0n) is 23.1. The lowest BCUT2D eigenvalue weighted by Gasteiger charge is -2.47. The van der Waals surface area contributed by atoms with E-state index in [1.54, 1.807) is 6.07 Å². The summed E-state index contributed by atoms with van der Waals surface area (Å²) < 4.78 is 34.3. The smallest absolute Gasteiger partial charge is 0.224 e. The lowest BCUT2D eigenvalue weighted by Crippen LogP contribution is -2.51. The van der Waals surface area contributed by atoms with E-state index in [1.807, 2.05) is 6.20 Å². The van der Waals surface area contributed by atoms with Gasteiger partial charge in [-0.2, -0.15) is 0 Å². The van der Waals surface area contributed by atoms with Crippen molar-refractivity contribution in [3.63, 3.8) is 0 Å². The van der Waals surface area contributed by atoms with E-state index in [2.05, 4.69) is 47.4 Å². The maximum absolute atomic E-state index is 13.9. The van der Waals surface area contributed by atoms with E-state index in [0.29, 0.717) is 17.3 Å². The standard InChI is InChI=1S/C30H36ClF2N5O2/c1-29(2,3)14-19-11-22-24(15-30(6-4-7-30)40-27(22)36-16-19)35-17-25(39)23(37-26-5-8-34-28(31)38-26)12-18-9-20(32)13-21(33)10-18/h5,8-11,13,16,23-25,35,39H,4,6-7,12,14-15,17H2,1-3H3,(H,34,37,38)/t23-,24-,25+/m0/s1. The van der Waals surface area contributed by atoms with Crippen LogP contribution in [0.25, 0.3) is 0 Å². The number of ether oxygens (including phenoxy) is 1. The van der Waals surface area contributed by atoms with E-state index < -0.39 is 23.8 Å². The average molecular weight is 572 g/mol. The second-order valence-corrected chi connectivity index (χ2v) is 12.6. The molecule has 3 aromatic rings. The van der Waals surface area contributed by atoms with Crippen LogP contribution in [0.3, 0.4) is 0 Å². The van der Waals surface area contributed by atoms with Crippen LogP contribution in [0.15, 0.2) is 42.7 Å². The molecule has 0 bridgehead atoms. The second-order valence-electron chi connectivity index (χ2n) is 12.3. The van der Waals surface area contributed by atoms with Crippen molar-refractivity contribution in [3.05, 3.63) is 76.3 Å². The van der Waals surface area contributed by atoms with Crippen molar-refractivity contribution in [2.75, 3.05) is 11.9 Å². The molecular formula is C30H36ClF2N5O2. The van der Waals surface area contributed by atoms with Crippen LogP contribution in [0.2, 0.25) is 5.28 Å². The van der Waals surface area contributed by atoms with Gasteiger partial charge >= 0.3 is 0 Å². The monoisotopic (exact) mass is 571 g/mol. The molecule has 2 aromatic heterocycles. The van der Waals surface area contributed by atoms with E-state index in [4.69, 9.17) is 21.3 Å². The topological polar surface area (TPSA) is 92.2 Å². The van der Waals surface area contributed by atoms with E-state index in [0.717, 1.165) is 49.3 Å². The van der Waals surface area contributed by atoms with Crippen LogP contribution in [-0.4, -0.2) is 44.4 Å². The molecule has 0 radical (unpaired) electrons. The lowest BCUT2D eigenvalue weighted by atomic mass is 9.73. The minimum atomic E-state index is -0.936. The highest BCUT2D eigenvalue weighted by atomic mass is 35.5. The summed E-state index contributed by atoms with van der Waals surface area (Å²) in [5.41, 5.74) is 2.42. The van der Waals surface area contributed by atoms with E-state index in [1.165, 1.54) is 18.3 Å². The van der Waals surface area contributed by atoms with Crippen molar-refractivity contribution in [2.45, 2.75) is 83.1 Å². The molecule has 40 heavy (non-hydrogen) atoms. The van der Waals surface area contributed by atoms with Gasteiger partial charge in [0.2, 0.25) is 11.2 Å². The van der Waals surface area contributed by atoms with Gasteiger partial charge in [0.1, 0.15) is 23.1 Å². The second kappa shape index (κ2) is 11.5. The molecule has 1 aliphatic carbocycles. The molecule has 1 aliphatic heterocycles. The summed E-state index contributed by atoms with van der Waals surface area (Å²) in [5, 5.41) is 18.2. The summed E-state index contributed by atoms with van der Waals surface area (Å²) in [4.78, 5) is 12.8. The number of nitrogens with zero attached hydrogens (tertiary/aromatic N) is 3. The minimum Gasteiger partial charge on any atom is -0.471 e. The summed E-state index contributed by atoms with van der Waals surface area (Å²) >= 11 is 5.96. The molecule has 5 rings (SSSR count). The molecule has 0 saturated heterocycles. The van der Waals surface area contributed by atoms with Gasteiger partial charge in [0, 0.05) is 43.0 Å². The molecule has 1 fully saturated rings. The normalized spacial score (nSPS) is 19.3. The molecule has 1 aromatic carbocycles. The number of hydrogen-bond donors (Lipinski definition) is 3. The van der Waals surface area contributed by atoms with Crippen LogP contribution < -0.4 is 15.4 Å². The van der Waals surface area contributed by atoms with Crippen LogP contribution in [0, 0.1) is 17.0 Å². The van der Waals surface area contributed by atoms with Gasteiger partial charge in [-0.25, -0.2) is 23.7 Å². The quantitative estimate of drug-likeness (QED) is 0.279. The van der Waals surface area contributed by atoms with Gasteiger partial charge in [0.25, 0.3) is 0 Å². The van der Waals surface area contributed by atoms with E-state index >= 15 is 0 Å². The van der Waals surface area contributed by atoms with Gasteiger partial charge in [-0.3, -0.25) is 0 Å². The van der Waals surface area contributed by atoms with Gasteiger partial charge in [-0.05, 0) is 84.5 Å². The molecule has 7 nitrogen and oxygen atoms in total. The van der Waals surface area contributed by atoms with Gasteiger partial charge in [0.15, 0.2) is 0 Å². The van der Waals surface area contributed by atoms with Gasteiger partial charge in [0.05, 0.1) is 12.1 Å². The fraction of sp³-hybridized carbons (Fsp3) is 0.500. The first-order chi connectivity index (χ1) is 19.0. The Morgan fingerprint density at radius 2 is 1.88 bits per heavy atom. The Balaban J connectivity index is 1.36. The van der Waals surface area contributed by atoms with Crippen LogP contribution in [0.4, 0.5) is 14.6 Å². The van der Waals surface area contributed by atoms with E-state index in [9.17, 15) is 13.9 Å². The largest absolute Gasteiger partial charge is 0.471 e. The van der Waals surface area contributed by atoms with Crippen molar-refractivity contribution in [1.82, 2.24) is 20.3 Å². The molecule has 214 valence electrons. The number of pyridine rings is 1. The maximum atomic E-state index is 13.9. The number of anilines is 1. The number of hydrogen-bond acceptors (Lipinski definition) is 7. The number of aliphatic hydroxyl groups excluding tert-OH is 1. The molecule has 2 aliphatic rings. The number of aromatic nitrogens is 3. The average Bonchev–Trinajstić information content (AvgIpc) is 2.84. The molecule has 1 spiro atoms. The van der Waals surface area contributed by atoms with Gasteiger partial charge < -0.3 is 20.5 Å². The van der Waals surface area contributed by atoms with Crippen molar-refractivity contribution in [2.24, 2.45) is 5.41 Å². The fourth-order valence-corrected chi connectivity index (χ4v) is 5.77. The Kier molecular flexibility index (Phi) is 8.27. The Morgan fingerprint density at radius 3 is 2.52 bits per heavy atom. The number of nitrogens with one attached hydrogen (secondary N) is 2. The Morgan fingerprint density at radius 1 is 1.12 bits per heavy atom. The SMILES string of the molecule is CC(C)(C)Cc1cnc2c(c1)[C@@H](NC[C@@H](O)[C@H](Cc1cc(F)cc(F)c1)Nc1ccnc(Cl)n1)CC1(CCC1)O2. The van der Waals surface area contributed by atoms with Crippen molar-refractivity contribution in [3.8, 4) is 5.88 Å². The number of aliphatic hydroxyl groups is 1. The molecule has 10 heteroatoms. The molecule has 3 N–H and O–H groups in total. The minimum absolute atomic E-state index is 0.0522. The maximum Gasteiger partial charge on any atom is 0.224 e. The predicted molar refractivity (Wildman–Crippen MR) is 150 cm³/mol. The Hall–Kier alpha value is -2.88. The summed E-state index contributed by atoms with van der Waals surface area (Å²) in [6.07, 6.45) is 7.35. The zero-order valence-corrected chi connectivity index (χ0v) is 23.8. The molecular weight excluding hydrogens is 536 g/mol. The third kappa shape index (κ3) is 7.06. The first-order valence-corrected chi connectivity index (χ1v) is 14.1. The summed E-state index contributed by atoms with van der Waals surface area (Å²) in [5.74, 6) is -0.290. The Bertz CT molecular complexity index is 1330. The summed E-state index contributed by atoms with van der Waals surface area (Å²) in [7, 11) is 0. The molecule has 0 amide bonds. The first kappa shape index (κ1) is 28.6. The molecule has 3 heterocycles. The first-order valence-electron chi connectivity index (χ1n) is 13.8. The van der Waals surface area contributed by atoms with Crippen LogP contribution in [0.5, 0.6) is 5.88 Å². The summed E-state index contributed by atoms with van der Waals surface area (Å²) in [6.45, 7) is 6.81. The predicted octanol–water partition coefficient (Wildman–Crippen LogP) is 5.81. The number of fused-ring (bicyclic) bond motifs is 1.